The molecule has 198 valence electrons. The molecule has 10 heteroatoms. The summed E-state index contributed by atoms with van der Waals surface area (Å²) in [6.07, 6.45) is 1.26. The number of sulfone groups is 1. The zero-order valence-corrected chi connectivity index (χ0v) is 22.3. The van der Waals surface area contributed by atoms with Gasteiger partial charge in [-0.05, 0) is 85.0 Å². The van der Waals surface area contributed by atoms with Crippen LogP contribution in [0, 0.1) is 31.0 Å². The molecule has 0 saturated carbocycles. The fourth-order valence-corrected chi connectivity index (χ4v) is 4.98. The summed E-state index contributed by atoms with van der Waals surface area (Å²) in [5, 5.41) is 9.56. The van der Waals surface area contributed by atoms with Crippen LogP contribution in [-0.2, 0) is 21.2 Å². The third kappa shape index (κ3) is 6.27. The maximum absolute atomic E-state index is 13.1. The Bertz CT molecular complexity index is 1640. The second kappa shape index (κ2) is 11.4. The molecule has 0 aliphatic heterocycles. The van der Waals surface area contributed by atoms with Gasteiger partial charge in [0.05, 0.1) is 11.6 Å². The van der Waals surface area contributed by atoms with E-state index in [1.165, 1.54) is 43.5 Å². The summed E-state index contributed by atoms with van der Waals surface area (Å²) in [5.74, 6) is -0.619. The molecule has 8 nitrogen and oxygen atoms in total. The van der Waals surface area contributed by atoms with Crippen molar-refractivity contribution in [2.75, 3.05) is 0 Å². The van der Waals surface area contributed by atoms with Crippen LogP contribution >= 0.6 is 0 Å². The fourth-order valence-electron chi connectivity index (χ4n) is 3.87. The lowest BCUT2D eigenvalue weighted by Crippen LogP contribution is -2.38. The number of amides is 1. The van der Waals surface area contributed by atoms with Crippen LogP contribution in [-0.4, -0.2) is 29.5 Å². The molecule has 1 aromatic heterocycles. The molecule has 3 aromatic carbocycles. The Morgan fingerprint density at radius 1 is 1.03 bits per heavy atom. The molecule has 1 amide bonds. The molecule has 0 aliphatic rings. The smallest absolute Gasteiger partial charge is 0.251 e. The summed E-state index contributed by atoms with van der Waals surface area (Å²) < 4.78 is 45.3. The number of aryl methyl sites for hydroxylation is 2. The van der Waals surface area contributed by atoms with E-state index in [0.29, 0.717) is 16.9 Å². The number of carbonyl (C=O) groups is 1. The quantitative estimate of drug-likeness (QED) is 0.308. The van der Waals surface area contributed by atoms with Crippen LogP contribution < -0.4 is 10.1 Å². The van der Waals surface area contributed by atoms with Gasteiger partial charge in [-0.2, -0.15) is 10.2 Å². The number of carbonyl (C=O) groups excluding carboxylic acids is 1. The molecule has 1 heterocycles. The molecule has 39 heavy (non-hydrogen) atoms. The number of benzene rings is 3. The summed E-state index contributed by atoms with van der Waals surface area (Å²) in [6.45, 7) is 5.02. The van der Waals surface area contributed by atoms with Gasteiger partial charge in [-0.25, -0.2) is 17.8 Å². The number of nitrogens with zero attached hydrogens (tertiary/aromatic N) is 3. The monoisotopic (exact) mass is 544 g/mol. The zero-order chi connectivity index (χ0) is 28.2. The fraction of sp³-hybridized carbons (Fsp3) is 0.172. The second-order valence-electron chi connectivity index (χ2n) is 8.94. The van der Waals surface area contributed by atoms with E-state index in [2.05, 4.69) is 21.4 Å². The van der Waals surface area contributed by atoms with Gasteiger partial charge in [0.15, 0.2) is 0 Å². The highest BCUT2D eigenvalue weighted by molar-refractivity contribution is 7.92. The summed E-state index contributed by atoms with van der Waals surface area (Å²) >= 11 is 0. The maximum Gasteiger partial charge on any atom is 0.251 e. The average molecular weight is 545 g/mol. The largest absolute Gasteiger partial charge is 0.438 e. The highest BCUT2D eigenvalue weighted by atomic mass is 32.2. The van der Waals surface area contributed by atoms with Gasteiger partial charge in [0.2, 0.25) is 21.6 Å². The van der Waals surface area contributed by atoms with Gasteiger partial charge in [0, 0.05) is 18.8 Å². The Morgan fingerprint density at radius 3 is 2.28 bits per heavy atom. The minimum Gasteiger partial charge on any atom is -0.438 e. The lowest BCUT2D eigenvalue weighted by molar-refractivity contribution is -0.120. The molecule has 0 saturated heterocycles. The van der Waals surface area contributed by atoms with E-state index in [1.54, 1.807) is 12.1 Å². The topological polar surface area (TPSA) is 122 Å². The highest BCUT2D eigenvalue weighted by Crippen LogP contribution is 2.33. The van der Waals surface area contributed by atoms with Crippen LogP contribution in [0.1, 0.15) is 29.2 Å². The van der Waals surface area contributed by atoms with Crippen molar-refractivity contribution in [3.05, 3.63) is 101 Å². The minimum atomic E-state index is -4.23. The van der Waals surface area contributed by atoms with E-state index in [1.807, 2.05) is 38.1 Å². The summed E-state index contributed by atoms with van der Waals surface area (Å²) in [6, 6.07) is 20.1. The number of hydrogen-bond acceptors (Lipinski definition) is 7. The molecule has 1 unspecified atom stereocenters. The van der Waals surface area contributed by atoms with E-state index in [4.69, 9.17) is 10.00 Å². The number of aromatic nitrogens is 2. The maximum atomic E-state index is 13.1. The number of halogens is 1. The summed E-state index contributed by atoms with van der Waals surface area (Å²) in [7, 11) is -4.23. The third-order valence-electron chi connectivity index (χ3n) is 6.09. The van der Waals surface area contributed by atoms with Crippen molar-refractivity contribution in [1.29, 1.82) is 5.26 Å². The lowest BCUT2D eigenvalue weighted by atomic mass is 9.99. The van der Waals surface area contributed by atoms with E-state index >= 15 is 0 Å². The van der Waals surface area contributed by atoms with E-state index in [-0.39, 0.29) is 12.4 Å². The van der Waals surface area contributed by atoms with Crippen molar-refractivity contribution in [2.45, 2.75) is 37.7 Å². The first-order chi connectivity index (χ1) is 18.6. The van der Waals surface area contributed by atoms with Crippen LogP contribution in [0.4, 0.5) is 4.39 Å². The van der Waals surface area contributed by atoms with Crippen molar-refractivity contribution in [1.82, 2.24) is 15.3 Å². The van der Waals surface area contributed by atoms with Gasteiger partial charge < -0.3 is 10.1 Å². The van der Waals surface area contributed by atoms with Crippen molar-refractivity contribution in [3.63, 3.8) is 0 Å². The number of nitrogens with one attached hydrogen (secondary N) is 1. The van der Waals surface area contributed by atoms with Crippen molar-refractivity contribution in [2.24, 2.45) is 0 Å². The van der Waals surface area contributed by atoms with E-state index in [9.17, 15) is 17.6 Å². The van der Waals surface area contributed by atoms with Crippen molar-refractivity contribution in [3.8, 4) is 28.8 Å². The van der Waals surface area contributed by atoms with E-state index in [0.717, 1.165) is 22.3 Å². The Balaban J connectivity index is 1.51. The molecule has 1 atom stereocenters. The highest BCUT2D eigenvalue weighted by Gasteiger charge is 2.32. The average Bonchev–Trinajstić information content (AvgIpc) is 2.94. The molecule has 0 aliphatic carbocycles. The molecular weight excluding hydrogens is 519 g/mol. The first-order valence-corrected chi connectivity index (χ1v) is 13.5. The summed E-state index contributed by atoms with van der Waals surface area (Å²) in [5.41, 5.74) is 4.66. The van der Waals surface area contributed by atoms with Gasteiger partial charge in [0.25, 0.3) is 5.16 Å². The zero-order valence-electron chi connectivity index (χ0n) is 21.5. The van der Waals surface area contributed by atoms with Gasteiger partial charge in [-0.1, -0.05) is 24.3 Å². The molecule has 1 N–H and O–H groups in total. The van der Waals surface area contributed by atoms with Crippen LogP contribution in [0.5, 0.6) is 11.6 Å². The normalized spacial score (nSPS) is 11.9. The van der Waals surface area contributed by atoms with Gasteiger partial charge in [-0.3, -0.25) is 4.79 Å². The van der Waals surface area contributed by atoms with Crippen molar-refractivity contribution >= 4 is 15.7 Å². The molecule has 0 fully saturated rings. The molecule has 0 spiro atoms. The molecule has 0 radical (unpaired) electrons. The molecule has 0 bridgehead atoms. The van der Waals surface area contributed by atoms with Crippen LogP contribution in [0.2, 0.25) is 0 Å². The Hall–Kier alpha value is -4.62. The minimum absolute atomic E-state index is 0.0137. The number of hydrogen-bond donors (Lipinski definition) is 1. The first kappa shape index (κ1) is 27.4. The number of rotatable bonds is 8. The number of nitriles is 1. The Kier molecular flexibility index (Phi) is 8.02. The Morgan fingerprint density at radius 2 is 1.67 bits per heavy atom. The predicted octanol–water partition coefficient (Wildman–Crippen LogP) is 5.04. The SMILES string of the molecule is Cc1cc(-c2ccc(C#N)cc2)cc(C)c1Oc1ccnc(S(=O)(=O)C(C)C(=O)NCc2ccc(F)cc2)n1. The van der Waals surface area contributed by atoms with Crippen LogP contribution in [0.3, 0.4) is 0 Å². The van der Waals surface area contributed by atoms with Gasteiger partial charge in [0.1, 0.15) is 16.8 Å². The number of ether oxygens (including phenoxy) is 1. The van der Waals surface area contributed by atoms with Crippen LogP contribution in [0.25, 0.3) is 11.1 Å². The lowest BCUT2D eigenvalue weighted by Gasteiger charge is -2.15. The van der Waals surface area contributed by atoms with E-state index < -0.39 is 32.0 Å². The Labute approximate surface area is 226 Å². The first-order valence-electron chi connectivity index (χ1n) is 12.0. The summed E-state index contributed by atoms with van der Waals surface area (Å²) in [4.78, 5) is 20.5. The second-order valence-corrected chi connectivity index (χ2v) is 11.1. The molecular formula is C29H25FN4O4S. The van der Waals surface area contributed by atoms with Gasteiger partial charge in [-0.15, -0.1) is 0 Å². The van der Waals surface area contributed by atoms with Crippen LogP contribution in [0.15, 0.2) is 78.1 Å². The molecule has 4 aromatic rings. The van der Waals surface area contributed by atoms with Crippen molar-refractivity contribution < 1.29 is 22.3 Å². The third-order valence-corrected chi connectivity index (χ3v) is 7.94. The predicted molar refractivity (Wildman–Crippen MR) is 143 cm³/mol. The standard InChI is InChI=1S/C29H25FN4O4S/c1-18-14-24(23-8-4-21(16-31)5-9-23)15-19(2)27(18)38-26-12-13-32-29(34-26)39(36,37)20(3)28(35)33-17-22-6-10-25(30)11-7-22/h4-15,20H,17H2,1-3H3,(H,33,35). The van der Waals surface area contributed by atoms with Gasteiger partial charge >= 0.3 is 0 Å². The molecule has 4 rings (SSSR count).